The van der Waals surface area contributed by atoms with E-state index in [4.69, 9.17) is 0 Å². The van der Waals surface area contributed by atoms with Gasteiger partial charge in [0.05, 0.1) is 17.6 Å². The molecular formula is C14H24N2O3. The number of aliphatic hydroxyl groups is 1. The Kier molecular flexibility index (Phi) is 5.11. The van der Waals surface area contributed by atoms with E-state index in [2.05, 4.69) is 11.9 Å². The SMILES string of the molecule is C=CC(=O)N1CCCC(C(=O)N[C@@H](C)C(C)(C)O)C1. The standard InChI is InChI=1S/C14H24N2O3/c1-5-12(17)16-8-6-7-11(9-16)13(18)15-10(2)14(3,4)19/h5,10-11,19H,1,6-9H2,2-4H3,(H,15,18)/t10-,11?/m0/s1. The van der Waals surface area contributed by atoms with Crippen LogP contribution in [0, 0.1) is 5.92 Å². The number of carbonyl (C=O) groups excluding carboxylic acids is 2. The lowest BCUT2D eigenvalue weighted by molar-refractivity contribution is -0.133. The van der Waals surface area contributed by atoms with Crippen LogP contribution in [0.3, 0.4) is 0 Å². The highest BCUT2D eigenvalue weighted by atomic mass is 16.3. The van der Waals surface area contributed by atoms with Gasteiger partial charge in [-0.3, -0.25) is 9.59 Å². The fourth-order valence-corrected chi connectivity index (χ4v) is 2.03. The van der Waals surface area contributed by atoms with Crippen LogP contribution in [-0.4, -0.2) is 46.6 Å². The van der Waals surface area contributed by atoms with Crippen LogP contribution in [0.25, 0.3) is 0 Å². The van der Waals surface area contributed by atoms with Gasteiger partial charge in [-0.15, -0.1) is 0 Å². The van der Waals surface area contributed by atoms with Crippen molar-refractivity contribution in [2.45, 2.75) is 45.3 Å². The molecule has 0 aromatic heterocycles. The van der Waals surface area contributed by atoms with Crippen LogP contribution in [-0.2, 0) is 9.59 Å². The molecule has 0 spiro atoms. The van der Waals surface area contributed by atoms with E-state index in [0.29, 0.717) is 13.1 Å². The monoisotopic (exact) mass is 268 g/mol. The number of likely N-dealkylation sites (tertiary alicyclic amines) is 1. The molecule has 5 heteroatoms. The number of nitrogens with zero attached hydrogens (tertiary/aromatic N) is 1. The Morgan fingerprint density at radius 3 is 2.68 bits per heavy atom. The molecule has 5 nitrogen and oxygen atoms in total. The molecule has 1 rings (SSSR count). The second-order valence-corrected chi connectivity index (χ2v) is 5.71. The number of piperidine rings is 1. The zero-order chi connectivity index (χ0) is 14.6. The third-order valence-electron chi connectivity index (χ3n) is 3.70. The van der Waals surface area contributed by atoms with Crippen LogP contribution in [0.4, 0.5) is 0 Å². The lowest BCUT2D eigenvalue weighted by Gasteiger charge is -2.33. The first-order chi connectivity index (χ1) is 8.75. The summed E-state index contributed by atoms with van der Waals surface area (Å²) in [5.74, 6) is -0.438. The Bertz CT molecular complexity index is 360. The second-order valence-electron chi connectivity index (χ2n) is 5.71. The molecule has 1 aliphatic heterocycles. The smallest absolute Gasteiger partial charge is 0.245 e. The predicted octanol–water partition coefficient (Wildman–Crippen LogP) is 0.687. The maximum Gasteiger partial charge on any atom is 0.245 e. The van der Waals surface area contributed by atoms with Crippen molar-refractivity contribution < 1.29 is 14.7 Å². The summed E-state index contributed by atoms with van der Waals surface area (Å²) < 4.78 is 0. The molecule has 19 heavy (non-hydrogen) atoms. The normalized spacial score (nSPS) is 21.7. The minimum absolute atomic E-state index is 0.101. The highest BCUT2D eigenvalue weighted by Crippen LogP contribution is 2.18. The van der Waals surface area contributed by atoms with Crippen molar-refractivity contribution in [1.82, 2.24) is 10.2 Å². The van der Waals surface area contributed by atoms with E-state index < -0.39 is 5.60 Å². The second kappa shape index (κ2) is 6.19. The van der Waals surface area contributed by atoms with Gasteiger partial charge in [-0.25, -0.2) is 0 Å². The first kappa shape index (κ1) is 15.7. The van der Waals surface area contributed by atoms with Gasteiger partial charge >= 0.3 is 0 Å². The molecule has 0 bridgehead atoms. The lowest BCUT2D eigenvalue weighted by Crippen LogP contribution is -2.52. The Morgan fingerprint density at radius 1 is 1.53 bits per heavy atom. The Hall–Kier alpha value is -1.36. The maximum absolute atomic E-state index is 12.1. The van der Waals surface area contributed by atoms with E-state index in [0.717, 1.165) is 12.8 Å². The minimum atomic E-state index is -0.957. The third-order valence-corrected chi connectivity index (χ3v) is 3.70. The summed E-state index contributed by atoms with van der Waals surface area (Å²) in [7, 11) is 0. The highest BCUT2D eigenvalue weighted by molar-refractivity contribution is 5.88. The van der Waals surface area contributed by atoms with Crippen molar-refractivity contribution in [2.24, 2.45) is 5.92 Å². The van der Waals surface area contributed by atoms with Crippen molar-refractivity contribution in [3.63, 3.8) is 0 Å². The Balaban J connectivity index is 2.57. The summed E-state index contributed by atoms with van der Waals surface area (Å²) in [5.41, 5.74) is -0.957. The zero-order valence-electron chi connectivity index (χ0n) is 12.0. The molecule has 0 radical (unpaired) electrons. The van der Waals surface area contributed by atoms with E-state index in [1.54, 1.807) is 25.7 Å². The summed E-state index contributed by atoms with van der Waals surface area (Å²) in [6.45, 7) is 9.65. The van der Waals surface area contributed by atoms with Gasteiger partial charge in [-0.1, -0.05) is 6.58 Å². The van der Waals surface area contributed by atoms with E-state index in [1.807, 2.05) is 0 Å². The van der Waals surface area contributed by atoms with Crippen molar-refractivity contribution in [3.8, 4) is 0 Å². The molecule has 0 aliphatic carbocycles. The summed E-state index contributed by atoms with van der Waals surface area (Å²) >= 11 is 0. The molecule has 2 amide bonds. The average molecular weight is 268 g/mol. The molecule has 1 saturated heterocycles. The topological polar surface area (TPSA) is 69.6 Å². The quantitative estimate of drug-likeness (QED) is 0.737. The fraction of sp³-hybridized carbons (Fsp3) is 0.714. The molecule has 0 saturated carbocycles. The fourth-order valence-electron chi connectivity index (χ4n) is 2.03. The van der Waals surface area contributed by atoms with Crippen molar-refractivity contribution in [3.05, 3.63) is 12.7 Å². The summed E-state index contributed by atoms with van der Waals surface area (Å²) in [6, 6.07) is -0.328. The summed E-state index contributed by atoms with van der Waals surface area (Å²) in [6.07, 6.45) is 2.86. The molecule has 2 atom stereocenters. The van der Waals surface area contributed by atoms with Gasteiger partial charge in [0.1, 0.15) is 0 Å². The van der Waals surface area contributed by atoms with Gasteiger partial charge in [0.2, 0.25) is 11.8 Å². The number of amides is 2. The van der Waals surface area contributed by atoms with Crippen LogP contribution >= 0.6 is 0 Å². The van der Waals surface area contributed by atoms with Gasteiger partial charge in [0.15, 0.2) is 0 Å². The number of carbonyl (C=O) groups is 2. The molecule has 1 fully saturated rings. The molecular weight excluding hydrogens is 244 g/mol. The van der Waals surface area contributed by atoms with Gasteiger partial charge in [0.25, 0.3) is 0 Å². The minimum Gasteiger partial charge on any atom is -0.388 e. The van der Waals surface area contributed by atoms with E-state index >= 15 is 0 Å². The Morgan fingerprint density at radius 2 is 2.16 bits per heavy atom. The molecule has 1 heterocycles. The van der Waals surface area contributed by atoms with Crippen LogP contribution in [0.15, 0.2) is 12.7 Å². The predicted molar refractivity (Wildman–Crippen MR) is 73.4 cm³/mol. The third kappa shape index (κ3) is 4.35. The molecule has 1 unspecified atom stereocenters. The zero-order valence-corrected chi connectivity index (χ0v) is 12.0. The molecule has 108 valence electrons. The van der Waals surface area contributed by atoms with Gasteiger partial charge in [0, 0.05) is 13.1 Å². The summed E-state index contributed by atoms with van der Waals surface area (Å²) in [5, 5.41) is 12.6. The van der Waals surface area contributed by atoms with Crippen LogP contribution < -0.4 is 5.32 Å². The lowest BCUT2D eigenvalue weighted by atomic mass is 9.95. The van der Waals surface area contributed by atoms with Crippen LogP contribution in [0.5, 0.6) is 0 Å². The maximum atomic E-state index is 12.1. The number of hydrogen-bond donors (Lipinski definition) is 2. The van der Waals surface area contributed by atoms with Crippen molar-refractivity contribution in [1.29, 1.82) is 0 Å². The first-order valence-electron chi connectivity index (χ1n) is 6.69. The number of nitrogens with one attached hydrogen (secondary N) is 1. The largest absolute Gasteiger partial charge is 0.388 e. The van der Waals surface area contributed by atoms with Crippen molar-refractivity contribution >= 4 is 11.8 Å². The number of rotatable bonds is 4. The molecule has 1 aliphatic rings. The van der Waals surface area contributed by atoms with E-state index in [1.165, 1.54) is 6.08 Å². The summed E-state index contributed by atoms with van der Waals surface area (Å²) in [4.78, 5) is 25.3. The average Bonchev–Trinajstić information content (AvgIpc) is 2.36. The van der Waals surface area contributed by atoms with Crippen molar-refractivity contribution in [2.75, 3.05) is 13.1 Å². The van der Waals surface area contributed by atoms with Crippen LogP contribution in [0.1, 0.15) is 33.6 Å². The first-order valence-corrected chi connectivity index (χ1v) is 6.69. The van der Waals surface area contributed by atoms with E-state index in [9.17, 15) is 14.7 Å². The highest BCUT2D eigenvalue weighted by Gasteiger charge is 2.30. The van der Waals surface area contributed by atoms with Gasteiger partial charge in [-0.2, -0.15) is 0 Å². The Labute approximate surface area is 114 Å². The molecule has 0 aromatic rings. The van der Waals surface area contributed by atoms with E-state index in [-0.39, 0.29) is 23.8 Å². The van der Waals surface area contributed by atoms with Crippen LogP contribution in [0.2, 0.25) is 0 Å². The van der Waals surface area contributed by atoms with Gasteiger partial charge in [-0.05, 0) is 39.7 Å². The van der Waals surface area contributed by atoms with Gasteiger partial charge < -0.3 is 15.3 Å². The molecule has 2 N–H and O–H groups in total. The number of hydrogen-bond acceptors (Lipinski definition) is 3. The molecule has 0 aromatic carbocycles.